The highest BCUT2D eigenvalue weighted by Gasteiger charge is 2.23. The van der Waals surface area contributed by atoms with Gasteiger partial charge < -0.3 is 15.2 Å². The first-order valence-electron chi connectivity index (χ1n) is 11.5. The Labute approximate surface area is 199 Å². The van der Waals surface area contributed by atoms with E-state index in [1.165, 1.54) is 46.2 Å². The van der Waals surface area contributed by atoms with Crippen LogP contribution in [0.3, 0.4) is 0 Å². The highest BCUT2D eigenvalue weighted by molar-refractivity contribution is 7.07. The molecular weight excluding hydrogens is 434 g/mol. The van der Waals surface area contributed by atoms with Gasteiger partial charge in [-0.25, -0.2) is 0 Å². The minimum Gasteiger partial charge on any atom is -0.381 e. The Balaban J connectivity index is 1.16. The van der Waals surface area contributed by atoms with Gasteiger partial charge in [0.05, 0.1) is 10.5 Å². The van der Waals surface area contributed by atoms with Gasteiger partial charge >= 0.3 is 0 Å². The Morgan fingerprint density at radius 3 is 2.84 bits per heavy atom. The van der Waals surface area contributed by atoms with Crippen LogP contribution < -0.4 is 5.32 Å². The summed E-state index contributed by atoms with van der Waals surface area (Å²) in [7, 11) is 0. The normalized spacial score (nSPS) is 15.4. The number of aryl methyl sites for hydroxylation is 1. The molecule has 2 N–H and O–H groups in total. The van der Waals surface area contributed by atoms with Crippen LogP contribution in [0.5, 0.6) is 0 Å². The van der Waals surface area contributed by atoms with E-state index < -0.39 is 0 Å². The monoisotopic (exact) mass is 463 g/mol. The van der Waals surface area contributed by atoms with Gasteiger partial charge in [-0.05, 0) is 102 Å². The van der Waals surface area contributed by atoms with E-state index in [0.717, 1.165) is 43.1 Å². The first kappa shape index (κ1) is 21.6. The molecule has 0 bridgehead atoms. The van der Waals surface area contributed by atoms with E-state index in [-0.39, 0.29) is 0 Å². The summed E-state index contributed by atoms with van der Waals surface area (Å²) in [5, 5.41) is 10.0. The summed E-state index contributed by atoms with van der Waals surface area (Å²) in [5.41, 5.74) is 7.91. The molecule has 0 spiro atoms. The minimum atomic E-state index is 0.616. The molecular formula is C27H30ClN3S. The van der Waals surface area contributed by atoms with Crippen molar-refractivity contribution in [2.24, 2.45) is 0 Å². The lowest BCUT2D eigenvalue weighted by atomic mass is 9.89. The molecule has 3 heterocycles. The molecule has 0 aliphatic carbocycles. The van der Waals surface area contributed by atoms with E-state index in [9.17, 15) is 0 Å². The molecule has 1 saturated heterocycles. The van der Waals surface area contributed by atoms with Crippen LogP contribution in [0.15, 0.2) is 59.4 Å². The molecule has 0 radical (unpaired) electrons. The maximum Gasteiger partial charge on any atom is 0.0647 e. The second-order valence-corrected chi connectivity index (χ2v) is 10.1. The van der Waals surface area contributed by atoms with Crippen molar-refractivity contribution in [3.05, 3.63) is 86.7 Å². The number of piperidine rings is 1. The van der Waals surface area contributed by atoms with Crippen LogP contribution >= 0.6 is 22.9 Å². The van der Waals surface area contributed by atoms with Crippen molar-refractivity contribution in [3.63, 3.8) is 0 Å². The number of rotatable bonds is 7. The van der Waals surface area contributed by atoms with Gasteiger partial charge in [-0.2, -0.15) is 11.3 Å². The van der Waals surface area contributed by atoms with Crippen molar-refractivity contribution in [3.8, 4) is 0 Å². The van der Waals surface area contributed by atoms with Crippen molar-refractivity contribution in [1.82, 2.24) is 9.88 Å². The van der Waals surface area contributed by atoms with Crippen molar-refractivity contribution >= 4 is 39.5 Å². The van der Waals surface area contributed by atoms with Gasteiger partial charge in [-0.15, -0.1) is 0 Å². The van der Waals surface area contributed by atoms with Gasteiger partial charge in [0.1, 0.15) is 0 Å². The number of likely N-dealkylation sites (tertiary alicyclic amines) is 1. The Morgan fingerprint density at radius 2 is 2.03 bits per heavy atom. The van der Waals surface area contributed by atoms with Gasteiger partial charge in [0.25, 0.3) is 0 Å². The van der Waals surface area contributed by atoms with Crippen LogP contribution in [-0.4, -0.2) is 29.5 Å². The average Bonchev–Trinajstić information content (AvgIpc) is 3.49. The molecule has 3 nitrogen and oxygen atoms in total. The van der Waals surface area contributed by atoms with Crippen molar-refractivity contribution in [2.75, 3.05) is 25.0 Å². The van der Waals surface area contributed by atoms with Crippen LogP contribution in [0.4, 0.5) is 5.69 Å². The quantitative estimate of drug-likeness (QED) is 0.303. The van der Waals surface area contributed by atoms with Gasteiger partial charge in [0.15, 0.2) is 0 Å². The smallest absolute Gasteiger partial charge is 0.0647 e. The molecule has 2 aromatic heterocycles. The summed E-state index contributed by atoms with van der Waals surface area (Å²) in [6.45, 7) is 6.56. The first-order valence-corrected chi connectivity index (χ1v) is 12.8. The summed E-state index contributed by atoms with van der Waals surface area (Å²) in [4.78, 5) is 6.02. The highest BCUT2D eigenvalue weighted by Crippen LogP contribution is 2.35. The molecule has 0 amide bonds. The number of benzene rings is 2. The molecule has 1 fully saturated rings. The number of thiophene rings is 1. The molecule has 1 aliphatic rings. The van der Waals surface area contributed by atoms with Gasteiger partial charge in [-0.3, -0.25) is 0 Å². The number of hydrogen-bond acceptors (Lipinski definition) is 3. The second-order valence-electron chi connectivity index (χ2n) is 8.90. The van der Waals surface area contributed by atoms with Crippen LogP contribution in [-0.2, 0) is 13.0 Å². The van der Waals surface area contributed by atoms with Crippen LogP contribution in [0.25, 0.3) is 10.9 Å². The number of anilines is 1. The molecule has 32 heavy (non-hydrogen) atoms. The largest absolute Gasteiger partial charge is 0.381 e. The fourth-order valence-electron chi connectivity index (χ4n) is 4.87. The Hall–Kier alpha value is -2.27. The zero-order valence-electron chi connectivity index (χ0n) is 18.5. The van der Waals surface area contributed by atoms with Crippen LogP contribution in [0, 0.1) is 6.92 Å². The molecule has 5 rings (SSSR count). The third-order valence-corrected chi connectivity index (χ3v) is 7.89. The predicted octanol–water partition coefficient (Wildman–Crippen LogP) is 7.23. The number of aromatic amines is 1. The topological polar surface area (TPSA) is 31.1 Å². The maximum atomic E-state index is 6.36. The van der Waals surface area contributed by atoms with Crippen molar-refractivity contribution < 1.29 is 0 Å². The Kier molecular flexibility index (Phi) is 6.54. The van der Waals surface area contributed by atoms with E-state index in [0.29, 0.717) is 5.92 Å². The minimum absolute atomic E-state index is 0.616. The number of fused-ring (bicyclic) bond motifs is 1. The SMILES string of the molecule is Cc1ccc(NCc2ccsc2)cc1CCN1CCC(c2c[nH]c3c(Cl)cccc23)CC1. The number of aromatic nitrogens is 1. The van der Waals surface area contributed by atoms with Gasteiger partial charge in [0, 0.05) is 30.4 Å². The molecule has 2 aromatic carbocycles. The molecule has 0 saturated carbocycles. The zero-order chi connectivity index (χ0) is 21.9. The zero-order valence-corrected chi connectivity index (χ0v) is 20.1. The standard InChI is InChI=1S/C27H30ClN3S/c1-19-5-6-23(29-16-20-10-14-32-18-20)15-22(19)9-13-31-11-7-21(8-12-31)25-17-30-27-24(25)3-2-4-26(27)28/h2-6,10,14-15,17-18,21,29-30H,7-9,11-13,16H2,1H3. The molecule has 5 heteroatoms. The van der Waals surface area contributed by atoms with E-state index in [4.69, 9.17) is 11.6 Å². The molecule has 4 aromatic rings. The van der Waals surface area contributed by atoms with Crippen LogP contribution in [0.1, 0.15) is 41.0 Å². The average molecular weight is 464 g/mol. The number of H-pyrrole nitrogens is 1. The van der Waals surface area contributed by atoms with E-state index in [1.807, 2.05) is 6.07 Å². The number of nitrogens with zero attached hydrogens (tertiary/aromatic N) is 1. The number of halogens is 1. The highest BCUT2D eigenvalue weighted by atomic mass is 35.5. The maximum absolute atomic E-state index is 6.36. The lowest BCUT2D eigenvalue weighted by molar-refractivity contribution is 0.215. The number of para-hydroxylation sites is 1. The fraction of sp³-hybridized carbons (Fsp3) is 0.333. The lowest BCUT2D eigenvalue weighted by Gasteiger charge is -2.32. The third kappa shape index (κ3) is 4.73. The van der Waals surface area contributed by atoms with E-state index >= 15 is 0 Å². The molecule has 0 atom stereocenters. The van der Waals surface area contributed by atoms with E-state index in [2.05, 4.69) is 75.5 Å². The van der Waals surface area contributed by atoms with Gasteiger partial charge in [0.2, 0.25) is 0 Å². The first-order chi connectivity index (χ1) is 15.7. The Bertz CT molecular complexity index is 1170. The summed E-state index contributed by atoms with van der Waals surface area (Å²) < 4.78 is 0. The lowest BCUT2D eigenvalue weighted by Crippen LogP contribution is -2.34. The van der Waals surface area contributed by atoms with Crippen molar-refractivity contribution in [1.29, 1.82) is 0 Å². The summed E-state index contributed by atoms with van der Waals surface area (Å²) >= 11 is 8.11. The summed E-state index contributed by atoms with van der Waals surface area (Å²) in [6.07, 6.45) is 5.70. The molecule has 0 unspecified atom stereocenters. The number of hydrogen-bond donors (Lipinski definition) is 2. The summed E-state index contributed by atoms with van der Waals surface area (Å²) in [5.74, 6) is 0.616. The fourth-order valence-corrected chi connectivity index (χ4v) is 5.77. The number of nitrogens with one attached hydrogen (secondary N) is 2. The van der Waals surface area contributed by atoms with Gasteiger partial charge in [-0.1, -0.05) is 29.8 Å². The van der Waals surface area contributed by atoms with Crippen LogP contribution in [0.2, 0.25) is 5.02 Å². The molecule has 166 valence electrons. The predicted molar refractivity (Wildman–Crippen MR) is 138 cm³/mol. The van der Waals surface area contributed by atoms with E-state index in [1.54, 1.807) is 11.3 Å². The van der Waals surface area contributed by atoms with Crippen molar-refractivity contribution in [2.45, 2.75) is 38.6 Å². The molecule has 1 aliphatic heterocycles. The summed E-state index contributed by atoms with van der Waals surface area (Å²) in [6, 6.07) is 15.2. The Morgan fingerprint density at radius 1 is 1.16 bits per heavy atom. The second kappa shape index (κ2) is 9.70. The third-order valence-electron chi connectivity index (χ3n) is 6.85.